The fraction of sp³-hybridized carbons (Fsp3) is 0.250. The minimum atomic E-state index is -1.20. The van der Waals surface area contributed by atoms with Crippen LogP contribution in [0.4, 0.5) is 21.0 Å². The van der Waals surface area contributed by atoms with Gasteiger partial charge in [0.2, 0.25) is 0 Å². The summed E-state index contributed by atoms with van der Waals surface area (Å²) in [6.45, 7) is 1.66. The molecule has 0 aromatic heterocycles. The highest BCUT2D eigenvalue weighted by Gasteiger charge is 2.25. The number of hydrogen-bond acceptors (Lipinski definition) is 4. The molecule has 2 heterocycles. The zero-order valence-corrected chi connectivity index (χ0v) is 15.5. The summed E-state index contributed by atoms with van der Waals surface area (Å²) >= 11 is 0. The number of benzene rings is 2. The van der Waals surface area contributed by atoms with Crippen molar-refractivity contribution >= 4 is 29.4 Å². The number of amides is 4. The van der Waals surface area contributed by atoms with Crippen LogP contribution in [0.1, 0.15) is 17.2 Å². The fourth-order valence-electron chi connectivity index (χ4n) is 3.44. The number of rotatable bonds is 5. The van der Waals surface area contributed by atoms with Gasteiger partial charge in [-0.2, -0.15) is 0 Å². The summed E-state index contributed by atoms with van der Waals surface area (Å²) in [5.74, 6) is -0.424. The summed E-state index contributed by atoms with van der Waals surface area (Å²) in [4.78, 5) is 37.5. The van der Waals surface area contributed by atoms with Gasteiger partial charge in [0.1, 0.15) is 5.75 Å². The van der Waals surface area contributed by atoms with Crippen LogP contribution in [0.25, 0.3) is 0 Å². The van der Waals surface area contributed by atoms with Crippen LogP contribution in [0.2, 0.25) is 0 Å². The van der Waals surface area contributed by atoms with E-state index in [1.165, 1.54) is 0 Å². The molecule has 9 nitrogen and oxygen atoms in total. The first kappa shape index (κ1) is 18.6. The number of nitrogens with zero attached hydrogens (tertiary/aromatic N) is 1. The maximum atomic E-state index is 12.4. The van der Waals surface area contributed by atoms with Crippen molar-refractivity contribution in [3.63, 3.8) is 0 Å². The van der Waals surface area contributed by atoms with E-state index < -0.39 is 18.0 Å². The molecule has 2 aliphatic heterocycles. The molecule has 0 spiro atoms. The van der Waals surface area contributed by atoms with E-state index in [2.05, 4.69) is 16.0 Å². The van der Waals surface area contributed by atoms with Crippen molar-refractivity contribution in [3.05, 3.63) is 53.6 Å². The molecule has 29 heavy (non-hydrogen) atoms. The number of urea groups is 2. The zero-order chi connectivity index (χ0) is 20.4. The van der Waals surface area contributed by atoms with E-state index in [0.717, 1.165) is 11.3 Å². The van der Waals surface area contributed by atoms with Crippen LogP contribution in [-0.4, -0.2) is 42.8 Å². The lowest BCUT2D eigenvalue weighted by atomic mass is 10.0. The average molecular weight is 396 g/mol. The number of fused-ring (bicyclic) bond motifs is 1. The van der Waals surface area contributed by atoms with Crippen LogP contribution < -0.4 is 25.6 Å². The quantitative estimate of drug-likeness (QED) is 0.617. The smallest absolute Gasteiger partial charge is 0.330 e. The van der Waals surface area contributed by atoms with E-state index in [4.69, 9.17) is 4.74 Å². The third-order valence-corrected chi connectivity index (χ3v) is 4.84. The molecule has 1 saturated heterocycles. The van der Waals surface area contributed by atoms with Gasteiger partial charge >= 0.3 is 18.0 Å². The van der Waals surface area contributed by atoms with Crippen molar-refractivity contribution < 1.29 is 24.2 Å². The second-order valence-electron chi connectivity index (χ2n) is 6.77. The molecule has 2 aromatic rings. The standard InChI is InChI=1S/C20H20N4O5/c25-18(26)17(13-4-5-16-12(10-13)6-9-29-16)23-19(27)22-14-2-1-3-15(11-14)24-8-7-21-20(24)28/h1-5,10-11,17H,6-9H2,(H,21,28)(H,25,26)(H2,22,23,27). The number of carbonyl (C=O) groups excluding carboxylic acids is 2. The molecule has 2 aromatic carbocycles. The van der Waals surface area contributed by atoms with Crippen LogP contribution >= 0.6 is 0 Å². The van der Waals surface area contributed by atoms with Gasteiger partial charge in [0, 0.05) is 30.9 Å². The number of carboxylic acid groups (broad SMARTS) is 1. The number of aliphatic carboxylic acids is 1. The van der Waals surface area contributed by atoms with Gasteiger partial charge in [-0.15, -0.1) is 0 Å². The molecule has 1 fully saturated rings. The molecular formula is C20H20N4O5. The number of hydrogen-bond donors (Lipinski definition) is 4. The van der Waals surface area contributed by atoms with E-state index in [1.807, 2.05) is 0 Å². The van der Waals surface area contributed by atoms with E-state index in [0.29, 0.717) is 43.1 Å². The Kier molecular flexibility index (Phi) is 4.94. The van der Waals surface area contributed by atoms with Crippen molar-refractivity contribution in [2.24, 2.45) is 0 Å². The minimum absolute atomic E-state index is 0.196. The Morgan fingerprint density at radius 1 is 1.21 bits per heavy atom. The predicted molar refractivity (Wildman–Crippen MR) is 105 cm³/mol. The van der Waals surface area contributed by atoms with Gasteiger partial charge in [-0.05, 0) is 41.5 Å². The number of carboxylic acids is 1. The lowest BCUT2D eigenvalue weighted by Gasteiger charge is -2.18. The van der Waals surface area contributed by atoms with Crippen molar-refractivity contribution in [3.8, 4) is 5.75 Å². The van der Waals surface area contributed by atoms with E-state index in [1.54, 1.807) is 47.4 Å². The Morgan fingerprint density at radius 2 is 2.07 bits per heavy atom. The molecule has 0 saturated carbocycles. The summed E-state index contributed by atoms with van der Waals surface area (Å²) in [6.07, 6.45) is 0.707. The number of nitrogens with one attached hydrogen (secondary N) is 3. The molecule has 1 atom stereocenters. The molecule has 4 amide bonds. The van der Waals surface area contributed by atoms with Gasteiger partial charge in [0.05, 0.1) is 6.61 Å². The maximum absolute atomic E-state index is 12.4. The largest absolute Gasteiger partial charge is 0.493 e. The number of carbonyl (C=O) groups is 3. The molecule has 0 bridgehead atoms. The van der Waals surface area contributed by atoms with Crippen LogP contribution in [0.15, 0.2) is 42.5 Å². The Morgan fingerprint density at radius 3 is 2.83 bits per heavy atom. The summed E-state index contributed by atoms with van der Waals surface area (Å²) in [7, 11) is 0. The SMILES string of the molecule is O=C(Nc1cccc(N2CCNC2=O)c1)NC(C(=O)O)c1ccc2c(c1)CCO2. The lowest BCUT2D eigenvalue weighted by Crippen LogP contribution is -2.36. The van der Waals surface area contributed by atoms with Crippen LogP contribution in [-0.2, 0) is 11.2 Å². The highest BCUT2D eigenvalue weighted by molar-refractivity contribution is 5.96. The zero-order valence-electron chi connectivity index (χ0n) is 15.5. The molecule has 1 unspecified atom stereocenters. The summed E-state index contributed by atoms with van der Waals surface area (Å²) < 4.78 is 5.44. The average Bonchev–Trinajstić information content (AvgIpc) is 3.34. The first-order valence-electron chi connectivity index (χ1n) is 9.22. The van der Waals surface area contributed by atoms with Gasteiger partial charge in [0.15, 0.2) is 6.04 Å². The number of anilines is 2. The van der Waals surface area contributed by atoms with Crippen LogP contribution in [0.5, 0.6) is 5.75 Å². The second-order valence-corrected chi connectivity index (χ2v) is 6.77. The summed E-state index contributed by atoms with van der Waals surface area (Å²) in [5.41, 5.74) is 2.49. The molecular weight excluding hydrogens is 376 g/mol. The molecule has 150 valence electrons. The van der Waals surface area contributed by atoms with E-state index in [9.17, 15) is 19.5 Å². The van der Waals surface area contributed by atoms with Gasteiger partial charge < -0.3 is 25.8 Å². The lowest BCUT2D eigenvalue weighted by molar-refractivity contribution is -0.139. The maximum Gasteiger partial charge on any atom is 0.330 e. The van der Waals surface area contributed by atoms with Crippen molar-refractivity contribution in [1.29, 1.82) is 0 Å². The topological polar surface area (TPSA) is 120 Å². The Balaban J connectivity index is 1.46. The molecule has 2 aliphatic rings. The van der Waals surface area contributed by atoms with Crippen molar-refractivity contribution in [2.45, 2.75) is 12.5 Å². The molecule has 0 aliphatic carbocycles. The molecule has 4 rings (SSSR count). The third-order valence-electron chi connectivity index (χ3n) is 4.84. The molecule has 9 heteroatoms. The fourth-order valence-corrected chi connectivity index (χ4v) is 3.44. The first-order valence-corrected chi connectivity index (χ1v) is 9.22. The predicted octanol–water partition coefficient (Wildman–Crippen LogP) is 2.10. The summed E-state index contributed by atoms with van der Waals surface area (Å²) in [6, 6.07) is 9.85. The highest BCUT2D eigenvalue weighted by atomic mass is 16.5. The molecule has 0 radical (unpaired) electrons. The Labute approximate surface area is 166 Å². The highest BCUT2D eigenvalue weighted by Crippen LogP contribution is 2.28. The third kappa shape index (κ3) is 3.93. The van der Waals surface area contributed by atoms with Crippen molar-refractivity contribution in [1.82, 2.24) is 10.6 Å². The normalized spacial score (nSPS) is 15.9. The van der Waals surface area contributed by atoms with Crippen LogP contribution in [0, 0.1) is 0 Å². The van der Waals surface area contributed by atoms with Crippen molar-refractivity contribution in [2.75, 3.05) is 29.9 Å². The first-order chi connectivity index (χ1) is 14.0. The van der Waals surface area contributed by atoms with Gasteiger partial charge in [-0.25, -0.2) is 14.4 Å². The van der Waals surface area contributed by atoms with Gasteiger partial charge in [-0.3, -0.25) is 4.90 Å². The summed E-state index contributed by atoms with van der Waals surface area (Å²) in [5, 5.41) is 17.4. The molecule has 4 N–H and O–H groups in total. The monoisotopic (exact) mass is 396 g/mol. The number of ether oxygens (including phenoxy) is 1. The Hall–Kier alpha value is -3.75. The second kappa shape index (κ2) is 7.70. The van der Waals surface area contributed by atoms with Crippen LogP contribution in [0.3, 0.4) is 0 Å². The Bertz CT molecular complexity index is 977. The minimum Gasteiger partial charge on any atom is -0.493 e. The van der Waals surface area contributed by atoms with E-state index >= 15 is 0 Å². The van der Waals surface area contributed by atoms with Gasteiger partial charge in [-0.1, -0.05) is 12.1 Å². The van der Waals surface area contributed by atoms with Gasteiger partial charge in [0.25, 0.3) is 0 Å². The van der Waals surface area contributed by atoms with E-state index in [-0.39, 0.29) is 6.03 Å².